The van der Waals surface area contributed by atoms with E-state index in [1.807, 2.05) is 24.3 Å². The van der Waals surface area contributed by atoms with Crippen LogP contribution in [-0.2, 0) is 6.54 Å². The lowest BCUT2D eigenvalue weighted by Crippen LogP contribution is -2.34. The average Bonchev–Trinajstić information content (AvgIpc) is 3.26. The van der Waals surface area contributed by atoms with E-state index < -0.39 is 0 Å². The molecule has 0 saturated heterocycles. The van der Waals surface area contributed by atoms with Gasteiger partial charge in [-0.25, -0.2) is 4.98 Å². The van der Waals surface area contributed by atoms with E-state index in [9.17, 15) is 4.79 Å². The highest BCUT2D eigenvalue weighted by Gasteiger charge is 2.20. The van der Waals surface area contributed by atoms with Crippen molar-refractivity contribution in [1.29, 1.82) is 0 Å². The molecule has 1 unspecified atom stereocenters. The maximum atomic E-state index is 12.3. The standard InChI is InChI=1S/C18H19N7O3/c26-18(12-5-6-16(20-9-12)21-10-17-22-24-25-23-17)19-8-7-13-11-27-14-3-1-2-4-15(14)28-13/h1-6,9,13H,7-8,10-11H2,(H,19,26)(H,20,21)(H,22,23,24,25). The zero-order valence-electron chi connectivity index (χ0n) is 15.0. The number of ether oxygens (including phenoxy) is 2. The van der Waals surface area contributed by atoms with Gasteiger partial charge in [0.2, 0.25) is 0 Å². The Bertz CT molecular complexity index is 915. The molecule has 28 heavy (non-hydrogen) atoms. The second-order valence-corrected chi connectivity index (χ2v) is 6.16. The molecular weight excluding hydrogens is 362 g/mol. The van der Waals surface area contributed by atoms with Gasteiger partial charge >= 0.3 is 0 Å². The molecule has 0 saturated carbocycles. The van der Waals surface area contributed by atoms with Crippen molar-refractivity contribution in [2.75, 3.05) is 18.5 Å². The third kappa shape index (κ3) is 4.34. The molecule has 3 aromatic rings. The number of rotatable bonds is 7. The van der Waals surface area contributed by atoms with Crippen molar-refractivity contribution in [3.8, 4) is 11.5 Å². The SMILES string of the molecule is O=C(NCCC1COc2ccccc2O1)c1ccc(NCc2nn[nH]n2)nc1. The normalized spacial score (nSPS) is 15.1. The molecule has 0 bridgehead atoms. The molecule has 3 N–H and O–H groups in total. The van der Waals surface area contributed by atoms with E-state index in [4.69, 9.17) is 9.47 Å². The summed E-state index contributed by atoms with van der Waals surface area (Å²) in [4.78, 5) is 16.5. The fourth-order valence-corrected chi connectivity index (χ4v) is 2.71. The van der Waals surface area contributed by atoms with Crippen molar-refractivity contribution in [1.82, 2.24) is 30.9 Å². The lowest BCUT2D eigenvalue weighted by molar-refractivity contribution is 0.0812. The molecule has 0 fully saturated rings. The number of aromatic nitrogens is 5. The van der Waals surface area contributed by atoms with Crippen LogP contribution in [-0.4, -0.2) is 50.8 Å². The van der Waals surface area contributed by atoms with Crippen LogP contribution in [0, 0.1) is 0 Å². The minimum absolute atomic E-state index is 0.0926. The number of aromatic amines is 1. The van der Waals surface area contributed by atoms with Gasteiger partial charge in [0.1, 0.15) is 18.5 Å². The molecule has 144 valence electrons. The fraction of sp³-hybridized carbons (Fsp3) is 0.278. The summed E-state index contributed by atoms with van der Waals surface area (Å²) in [6.45, 7) is 1.34. The highest BCUT2D eigenvalue weighted by Crippen LogP contribution is 2.31. The molecule has 4 rings (SSSR count). The first-order valence-corrected chi connectivity index (χ1v) is 8.87. The van der Waals surface area contributed by atoms with Crippen molar-refractivity contribution in [2.24, 2.45) is 0 Å². The number of hydrogen-bond donors (Lipinski definition) is 3. The quantitative estimate of drug-likeness (QED) is 0.557. The van der Waals surface area contributed by atoms with E-state index in [0.29, 0.717) is 43.3 Å². The number of benzene rings is 1. The molecule has 1 aliphatic rings. The first kappa shape index (κ1) is 17.7. The average molecular weight is 381 g/mol. The van der Waals surface area contributed by atoms with Crippen LogP contribution in [0.4, 0.5) is 5.82 Å². The van der Waals surface area contributed by atoms with E-state index in [1.54, 1.807) is 12.1 Å². The van der Waals surface area contributed by atoms with Gasteiger partial charge in [0.15, 0.2) is 17.3 Å². The summed E-state index contributed by atoms with van der Waals surface area (Å²) in [7, 11) is 0. The van der Waals surface area contributed by atoms with E-state index >= 15 is 0 Å². The molecule has 0 spiro atoms. The first-order valence-electron chi connectivity index (χ1n) is 8.87. The van der Waals surface area contributed by atoms with E-state index in [2.05, 4.69) is 36.2 Å². The number of H-pyrrole nitrogens is 1. The number of carbonyl (C=O) groups excluding carboxylic acids is 1. The summed E-state index contributed by atoms with van der Waals surface area (Å²) in [5.74, 6) is 2.45. The first-order chi connectivity index (χ1) is 13.8. The molecule has 1 aliphatic heterocycles. The summed E-state index contributed by atoms with van der Waals surface area (Å²) >= 11 is 0. The minimum atomic E-state index is -0.186. The number of para-hydroxylation sites is 2. The molecule has 0 radical (unpaired) electrons. The second kappa shape index (κ2) is 8.33. The molecule has 10 heteroatoms. The summed E-state index contributed by atoms with van der Waals surface area (Å²) < 4.78 is 11.6. The Balaban J connectivity index is 1.22. The monoisotopic (exact) mass is 381 g/mol. The lowest BCUT2D eigenvalue weighted by atomic mass is 10.2. The number of nitrogens with zero attached hydrogens (tertiary/aromatic N) is 4. The summed E-state index contributed by atoms with van der Waals surface area (Å²) in [6, 6.07) is 11.0. The number of pyridine rings is 1. The molecule has 1 atom stereocenters. The Morgan fingerprint density at radius 2 is 2.11 bits per heavy atom. The van der Waals surface area contributed by atoms with Crippen LogP contribution in [0.5, 0.6) is 11.5 Å². The third-order valence-electron chi connectivity index (χ3n) is 4.16. The van der Waals surface area contributed by atoms with Gasteiger partial charge in [-0.2, -0.15) is 5.21 Å². The molecule has 10 nitrogen and oxygen atoms in total. The maximum absolute atomic E-state index is 12.3. The highest BCUT2D eigenvalue weighted by molar-refractivity contribution is 5.94. The van der Waals surface area contributed by atoms with Crippen molar-refractivity contribution in [3.05, 3.63) is 54.0 Å². The number of hydrogen-bond acceptors (Lipinski definition) is 8. The molecule has 2 aromatic heterocycles. The fourth-order valence-electron chi connectivity index (χ4n) is 2.71. The third-order valence-corrected chi connectivity index (χ3v) is 4.16. The Morgan fingerprint density at radius 1 is 1.21 bits per heavy atom. The molecule has 3 heterocycles. The van der Waals surface area contributed by atoms with Crippen LogP contribution in [0.1, 0.15) is 22.6 Å². The largest absolute Gasteiger partial charge is 0.486 e. The molecule has 1 amide bonds. The van der Waals surface area contributed by atoms with Crippen molar-refractivity contribution in [3.63, 3.8) is 0 Å². The van der Waals surface area contributed by atoms with Crippen LogP contribution < -0.4 is 20.1 Å². The van der Waals surface area contributed by atoms with Gasteiger partial charge in [0.05, 0.1) is 12.1 Å². The maximum Gasteiger partial charge on any atom is 0.252 e. The van der Waals surface area contributed by atoms with Crippen LogP contribution >= 0.6 is 0 Å². The summed E-state index contributed by atoms with van der Waals surface area (Å²) in [5.41, 5.74) is 0.483. The van der Waals surface area contributed by atoms with Gasteiger partial charge in [0, 0.05) is 19.2 Å². The van der Waals surface area contributed by atoms with Crippen LogP contribution in [0.3, 0.4) is 0 Å². The van der Waals surface area contributed by atoms with Crippen molar-refractivity contribution in [2.45, 2.75) is 19.1 Å². The van der Waals surface area contributed by atoms with Gasteiger partial charge in [0.25, 0.3) is 5.91 Å². The van der Waals surface area contributed by atoms with Crippen LogP contribution in [0.15, 0.2) is 42.6 Å². The van der Waals surface area contributed by atoms with E-state index in [1.165, 1.54) is 6.20 Å². The predicted octanol–water partition coefficient (Wildman–Crippen LogP) is 1.17. The number of carbonyl (C=O) groups is 1. The lowest BCUT2D eigenvalue weighted by Gasteiger charge is -2.26. The number of anilines is 1. The minimum Gasteiger partial charge on any atom is -0.486 e. The van der Waals surface area contributed by atoms with E-state index in [0.717, 1.165) is 11.5 Å². The zero-order valence-corrected chi connectivity index (χ0v) is 15.0. The van der Waals surface area contributed by atoms with Crippen molar-refractivity contribution < 1.29 is 14.3 Å². The Hall–Kier alpha value is -3.69. The van der Waals surface area contributed by atoms with Gasteiger partial charge in [-0.05, 0) is 24.3 Å². The highest BCUT2D eigenvalue weighted by atomic mass is 16.6. The van der Waals surface area contributed by atoms with Gasteiger partial charge in [-0.15, -0.1) is 10.2 Å². The van der Waals surface area contributed by atoms with Gasteiger partial charge in [-0.3, -0.25) is 4.79 Å². The number of amides is 1. The smallest absolute Gasteiger partial charge is 0.252 e. The molecule has 1 aromatic carbocycles. The van der Waals surface area contributed by atoms with Gasteiger partial charge < -0.3 is 20.1 Å². The second-order valence-electron chi connectivity index (χ2n) is 6.16. The number of tetrazole rings is 1. The van der Waals surface area contributed by atoms with Gasteiger partial charge in [-0.1, -0.05) is 17.3 Å². The zero-order chi connectivity index (χ0) is 19.2. The Labute approximate surface area is 160 Å². The molecular formula is C18H19N7O3. The number of nitrogens with one attached hydrogen (secondary N) is 3. The Morgan fingerprint density at radius 3 is 2.89 bits per heavy atom. The topological polar surface area (TPSA) is 127 Å². The predicted molar refractivity (Wildman–Crippen MR) is 99.0 cm³/mol. The number of fused-ring (bicyclic) bond motifs is 1. The summed E-state index contributed by atoms with van der Waals surface area (Å²) in [6.07, 6.45) is 2.08. The van der Waals surface area contributed by atoms with Crippen molar-refractivity contribution >= 4 is 11.7 Å². The van der Waals surface area contributed by atoms with E-state index in [-0.39, 0.29) is 12.0 Å². The Kier molecular flexibility index (Phi) is 5.27. The van der Waals surface area contributed by atoms with Crippen LogP contribution in [0.2, 0.25) is 0 Å². The molecule has 0 aliphatic carbocycles. The van der Waals surface area contributed by atoms with Crippen LogP contribution in [0.25, 0.3) is 0 Å². The summed E-state index contributed by atoms with van der Waals surface area (Å²) in [5, 5.41) is 19.5.